The summed E-state index contributed by atoms with van der Waals surface area (Å²) in [6.07, 6.45) is 0.0760. The van der Waals surface area contributed by atoms with E-state index in [1.54, 1.807) is 42.5 Å². The Morgan fingerprint density at radius 3 is 2.58 bits per heavy atom. The molecule has 3 rings (SSSR count). The molecule has 0 aliphatic carbocycles. The molecule has 1 aliphatic heterocycles. The molecule has 1 fully saturated rings. The summed E-state index contributed by atoms with van der Waals surface area (Å²) in [5.74, 6) is -0.234. The molecule has 1 amide bonds. The van der Waals surface area contributed by atoms with E-state index >= 15 is 0 Å². The van der Waals surface area contributed by atoms with Crippen LogP contribution in [-0.2, 0) is 16.0 Å². The highest BCUT2D eigenvalue weighted by molar-refractivity contribution is 5.77. The van der Waals surface area contributed by atoms with Crippen molar-refractivity contribution in [3.63, 3.8) is 0 Å². The summed E-state index contributed by atoms with van der Waals surface area (Å²) in [5, 5.41) is 9.64. The second-order valence-electron chi connectivity index (χ2n) is 6.35. The number of rotatable bonds is 4. The summed E-state index contributed by atoms with van der Waals surface area (Å²) < 4.78 is 10.3. The standard InChI is InChI=1S/C20H21NO5/c1-25-19(23)18-13-21(20(24)26-17-8-3-2-4-9-17)12-15(18)10-14-6-5-7-16(22)11-14/h2-9,11,15,18,22H,10,12-13H2,1H3/t15-,18+/m1/s1. The maximum absolute atomic E-state index is 12.4. The van der Waals surface area contributed by atoms with Gasteiger partial charge >= 0.3 is 12.1 Å². The molecule has 2 atom stereocenters. The predicted octanol–water partition coefficient (Wildman–Crippen LogP) is 2.85. The Morgan fingerprint density at radius 2 is 1.88 bits per heavy atom. The monoisotopic (exact) mass is 355 g/mol. The number of likely N-dealkylation sites (tertiary alicyclic amines) is 1. The number of aromatic hydroxyl groups is 1. The minimum atomic E-state index is -0.483. The molecule has 1 saturated heterocycles. The highest BCUT2D eigenvalue weighted by atomic mass is 16.6. The van der Waals surface area contributed by atoms with Gasteiger partial charge in [0.25, 0.3) is 0 Å². The number of phenols is 1. The maximum atomic E-state index is 12.4. The van der Waals surface area contributed by atoms with Gasteiger partial charge in [-0.05, 0) is 42.2 Å². The Labute approximate surface area is 152 Å². The zero-order valence-electron chi connectivity index (χ0n) is 14.5. The van der Waals surface area contributed by atoms with Crippen LogP contribution in [0.4, 0.5) is 4.79 Å². The van der Waals surface area contributed by atoms with Crippen LogP contribution < -0.4 is 4.74 Å². The van der Waals surface area contributed by atoms with Crippen LogP contribution in [0, 0.1) is 11.8 Å². The fourth-order valence-corrected chi connectivity index (χ4v) is 3.29. The molecule has 0 unspecified atom stereocenters. The molecule has 1 N–H and O–H groups in total. The van der Waals surface area contributed by atoms with Crippen LogP contribution >= 0.6 is 0 Å². The van der Waals surface area contributed by atoms with Gasteiger partial charge in [0, 0.05) is 13.1 Å². The number of nitrogens with zero attached hydrogens (tertiary/aromatic N) is 1. The number of carbonyl (C=O) groups is 2. The van der Waals surface area contributed by atoms with Crippen LogP contribution in [0.1, 0.15) is 5.56 Å². The van der Waals surface area contributed by atoms with Crippen LogP contribution in [0.3, 0.4) is 0 Å². The van der Waals surface area contributed by atoms with E-state index in [-0.39, 0.29) is 24.2 Å². The molecule has 6 heteroatoms. The molecule has 2 aromatic carbocycles. The highest BCUT2D eigenvalue weighted by Crippen LogP contribution is 2.29. The van der Waals surface area contributed by atoms with E-state index in [1.165, 1.54) is 12.0 Å². The molecule has 136 valence electrons. The van der Waals surface area contributed by atoms with Crippen LogP contribution in [-0.4, -0.2) is 42.3 Å². The number of methoxy groups -OCH3 is 1. The molecule has 2 aromatic rings. The first-order chi connectivity index (χ1) is 12.6. The van der Waals surface area contributed by atoms with Crippen molar-refractivity contribution in [2.45, 2.75) is 6.42 Å². The number of para-hydroxylation sites is 1. The third-order valence-corrected chi connectivity index (χ3v) is 4.56. The Balaban J connectivity index is 1.71. The first kappa shape index (κ1) is 17.8. The highest BCUT2D eigenvalue weighted by Gasteiger charge is 2.41. The SMILES string of the molecule is COC(=O)[C@H]1CN(C(=O)Oc2ccccc2)C[C@H]1Cc1cccc(O)c1. The van der Waals surface area contributed by atoms with E-state index in [4.69, 9.17) is 9.47 Å². The normalized spacial score (nSPS) is 19.2. The molecule has 0 radical (unpaired) electrons. The molecule has 0 saturated carbocycles. The molecular weight excluding hydrogens is 334 g/mol. The zero-order chi connectivity index (χ0) is 18.5. The molecule has 0 aromatic heterocycles. The van der Waals surface area contributed by atoms with Gasteiger partial charge in [-0.1, -0.05) is 30.3 Å². The molecule has 1 aliphatic rings. The summed E-state index contributed by atoms with van der Waals surface area (Å²) in [7, 11) is 1.35. The van der Waals surface area contributed by atoms with Crippen LogP contribution in [0.15, 0.2) is 54.6 Å². The number of carbonyl (C=O) groups excluding carboxylic acids is 2. The van der Waals surface area contributed by atoms with Crippen LogP contribution in [0.2, 0.25) is 0 Å². The summed E-state index contributed by atoms with van der Waals surface area (Å²) in [5.41, 5.74) is 0.905. The van der Waals surface area contributed by atoms with Gasteiger partial charge in [-0.15, -0.1) is 0 Å². The maximum Gasteiger partial charge on any atom is 0.415 e. The second-order valence-corrected chi connectivity index (χ2v) is 6.35. The van der Waals surface area contributed by atoms with Gasteiger partial charge in [0.2, 0.25) is 0 Å². The molecule has 0 spiro atoms. The molecule has 26 heavy (non-hydrogen) atoms. The van der Waals surface area contributed by atoms with E-state index in [0.29, 0.717) is 18.7 Å². The van der Waals surface area contributed by atoms with E-state index in [9.17, 15) is 14.7 Å². The summed E-state index contributed by atoms with van der Waals surface area (Å²) >= 11 is 0. The number of hydrogen-bond acceptors (Lipinski definition) is 5. The number of hydrogen-bond donors (Lipinski definition) is 1. The fourth-order valence-electron chi connectivity index (χ4n) is 3.29. The lowest BCUT2D eigenvalue weighted by molar-refractivity contribution is -0.146. The van der Waals surface area contributed by atoms with Crippen molar-refractivity contribution in [2.75, 3.05) is 20.2 Å². The van der Waals surface area contributed by atoms with E-state index < -0.39 is 12.0 Å². The smallest absolute Gasteiger partial charge is 0.415 e. The van der Waals surface area contributed by atoms with Crippen LogP contribution in [0.25, 0.3) is 0 Å². The number of amides is 1. The van der Waals surface area contributed by atoms with E-state index in [1.807, 2.05) is 12.1 Å². The van der Waals surface area contributed by atoms with Gasteiger partial charge in [-0.25, -0.2) is 4.79 Å². The average Bonchev–Trinajstić information content (AvgIpc) is 3.06. The van der Waals surface area contributed by atoms with Crippen molar-refractivity contribution in [2.24, 2.45) is 11.8 Å². The number of esters is 1. The van der Waals surface area contributed by atoms with Crippen molar-refractivity contribution in [3.8, 4) is 11.5 Å². The predicted molar refractivity (Wildman–Crippen MR) is 94.8 cm³/mol. The Kier molecular flexibility index (Phi) is 5.41. The van der Waals surface area contributed by atoms with Crippen molar-refractivity contribution in [1.29, 1.82) is 0 Å². The first-order valence-corrected chi connectivity index (χ1v) is 8.44. The molecule has 1 heterocycles. The van der Waals surface area contributed by atoms with Gasteiger partial charge in [0.15, 0.2) is 0 Å². The first-order valence-electron chi connectivity index (χ1n) is 8.44. The van der Waals surface area contributed by atoms with Gasteiger partial charge in [-0.3, -0.25) is 4.79 Å². The number of ether oxygens (including phenoxy) is 2. The Bertz CT molecular complexity index is 777. The number of phenolic OH excluding ortho intramolecular Hbond substituents is 1. The zero-order valence-corrected chi connectivity index (χ0v) is 14.5. The Morgan fingerprint density at radius 1 is 1.12 bits per heavy atom. The summed E-state index contributed by atoms with van der Waals surface area (Å²) in [4.78, 5) is 26.1. The lowest BCUT2D eigenvalue weighted by Gasteiger charge is -2.16. The van der Waals surface area contributed by atoms with Crippen molar-refractivity contribution in [3.05, 3.63) is 60.2 Å². The Hall–Kier alpha value is -3.02. The largest absolute Gasteiger partial charge is 0.508 e. The number of benzene rings is 2. The topological polar surface area (TPSA) is 76.1 Å². The van der Waals surface area contributed by atoms with Crippen molar-refractivity contribution in [1.82, 2.24) is 4.90 Å². The van der Waals surface area contributed by atoms with Gasteiger partial charge in [-0.2, -0.15) is 0 Å². The van der Waals surface area contributed by atoms with Gasteiger partial charge < -0.3 is 19.5 Å². The average molecular weight is 355 g/mol. The van der Waals surface area contributed by atoms with Crippen LogP contribution in [0.5, 0.6) is 11.5 Å². The van der Waals surface area contributed by atoms with Gasteiger partial charge in [0.05, 0.1) is 13.0 Å². The van der Waals surface area contributed by atoms with E-state index in [0.717, 1.165) is 5.56 Å². The fraction of sp³-hybridized carbons (Fsp3) is 0.300. The lowest BCUT2D eigenvalue weighted by atomic mass is 9.90. The lowest BCUT2D eigenvalue weighted by Crippen LogP contribution is -2.32. The van der Waals surface area contributed by atoms with Crippen molar-refractivity contribution < 1.29 is 24.2 Å². The second kappa shape index (κ2) is 7.91. The molecule has 6 nitrogen and oxygen atoms in total. The van der Waals surface area contributed by atoms with Crippen molar-refractivity contribution >= 4 is 12.1 Å². The summed E-state index contributed by atoms with van der Waals surface area (Å²) in [6, 6.07) is 15.7. The van der Waals surface area contributed by atoms with E-state index in [2.05, 4.69) is 0 Å². The van der Waals surface area contributed by atoms with Gasteiger partial charge in [0.1, 0.15) is 11.5 Å². The molecule has 0 bridgehead atoms. The molecular formula is C20H21NO5. The summed E-state index contributed by atoms with van der Waals surface area (Å²) in [6.45, 7) is 0.642. The third kappa shape index (κ3) is 4.14. The third-order valence-electron chi connectivity index (χ3n) is 4.56. The quantitative estimate of drug-likeness (QED) is 0.854. The minimum absolute atomic E-state index is 0.104. The minimum Gasteiger partial charge on any atom is -0.508 e.